The van der Waals surface area contributed by atoms with Gasteiger partial charge in [-0.1, -0.05) is 43.5 Å². The Bertz CT molecular complexity index is 507. The summed E-state index contributed by atoms with van der Waals surface area (Å²) in [5.41, 5.74) is 0.986. The smallest absolute Gasteiger partial charge is 0.321 e. The van der Waals surface area contributed by atoms with Gasteiger partial charge in [0.15, 0.2) is 0 Å². The Morgan fingerprint density at radius 1 is 1.00 bits per heavy atom. The van der Waals surface area contributed by atoms with E-state index in [9.17, 15) is 4.79 Å². The Balaban J connectivity index is 1.88. The van der Waals surface area contributed by atoms with Crippen molar-refractivity contribution in [1.29, 1.82) is 0 Å². The molecule has 1 aliphatic carbocycles. The van der Waals surface area contributed by atoms with E-state index < -0.39 is 0 Å². The quantitative estimate of drug-likeness (QED) is 0.748. The molecule has 0 N–H and O–H groups in total. The Morgan fingerprint density at radius 2 is 1.73 bits per heavy atom. The zero-order valence-corrected chi connectivity index (χ0v) is 13.3. The first-order valence-electron chi connectivity index (χ1n) is 8.58. The highest BCUT2D eigenvalue weighted by atomic mass is 16.2. The normalized spacial score (nSPS) is 24.2. The summed E-state index contributed by atoms with van der Waals surface area (Å²) < 4.78 is 0. The lowest BCUT2D eigenvalue weighted by molar-refractivity contribution is 0.165. The number of hydrogen-bond acceptors (Lipinski definition) is 1. The van der Waals surface area contributed by atoms with Crippen LogP contribution >= 0.6 is 0 Å². The first-order valence-corrected chi connectivity index (χ1v) is 8.58. The lowest BCUT2D eigenvalue weighted by Gasteiger charge is -2.37. The number of carbonyl (C=O) groups excluding carboxylic acids is 1. The molecule has 0 bridgehead atoms. The third-order valence-corrected chi connectivity index (χ3v) is 5.00. The number of amides is 2. The van der Waals surface area contributed by atoms with Crippen LogP contribution in [0, 0.1) is 0 Å². The Kier molecular flexibility index (Phi) is 4.81. The first-order chi connectivity index (χ1) is 10.8. The number of anilines is 1. The molecule has 1 aromatic rings. The molecule has 3 heteroatoms. The second-order valence-electron chi connectivity index (χ2n) is 6.42. The molecule has 1 atom stereocenters. The third kappa shape index (κ3) is 3.03. The monoisotopic (exact) mass is 298 g/mol. The van der Waals surface area contributed by atoms with E-state index in [1.54, 1.807) is 0 Å². The molecule has 1 saturated heterocycles. The zero-order valence-electron chi connectivity index (χ0n) is 13.3. The van der Waals surface area contributed by atoms with Gasteiger partial charge in [0.1, 0.15) is 0 Å². The van der Waals surface area contributed by atoms with Crippen molar-refractivity contribution in [2.24, 2.45) is 0 Å². The highest BCUT2D eigenvalue weighted by Gasteiger charge is 2.34. The van der Waals surface area contributed by atoms with Gasteiger partial charge in [0.05, 0.1) is 6.04 Å². The molecule has 0 radical (unpaired) electrons. The Labute approximate surface area is 133 Å². The van der Waals surface area contributed by atoms with Gasteiger partial charge in [0.25, 0.3) is 0 Å². The molecule has 0 aromatic heterocycles. The van der Waals surface area contributed by atoms with Crippen LogP contribution in [0.15, 0.2) is 43.0 Å². The van der Waals surface area contributed by atoms with E-state index in [1.165, 1.54) is 19.3 Å². The minimum atomic E-state index is 0.100. The number of nitrogens with zero attached hydrogens (tertiary/aromatic N) is 2. The standard InChI is InChI=1S/C19H26N2O/c1-2-16-14-9-15-20(17-10-5-3-6-11-17)19(22)21(16)18-12-7-4-8-13-18/h2,4,7-8,12-13,16-17H,1,3,5-6,9-11,14-15H2. The summed E-state index contributed by atoms with van der Waals surface area (Å²) in [5.74, 6) is 0. The van der Waals surface area contributed by atoms with Gasteiger partial charge >= 0.3 is 6.03 Å². The molecule has 2 amide bonds. The number of para-hydroxylation sites is 1. The topological polar surface area (TPSA) is 23.6 Å². The minimum Gasteiger partial charge on any atom is -0.321 e. The summed E-state index contributed by atoms with van der Waals surface area (Å²) in [6.45, 7) is 4.85. The highest BCUT2D eigenvalue weighted by Crippen LogP contribution is 2.30. The number of urea groups is 1. The largest absolute Gasteiger partial charge is 0.325 e. The fraction of sp³-hybridized carbons (Fsp3) is 0.526. The molecular weight excluding hydrogens is 272 g/mol. The fourth-order valence-corrected chi connectivity index (χ4v) is 3.82. The summed E-state index contributed by atoms with van der Waals surface area (Å²) in [6.07, 6.45) is 10.1. The molecular formula is C19H26N2O. The van der Waals surface area contributed by atoms with Gasteiger partial charge in [-0.15, -0.1) is 6.58 Å². The average molecular weight is 298 g/mol. The van der Waals surface area contributed by atoms with Crippen molar-refractivity contribution in [3.05, 3.63) is 43.0 Å². The van der Waals surface area contributed by atoms with Crippen LogP contribution in [0.25, 0.3) is 0 Å². The molecule has 2 fully saturated rings. The van der Waals surface area contributed by atoms with E-state index in [1.807, 2.05) is 41.3 Å². The summed E-state index contributed by atoms with van der Waals surface area (Å²) in [7, 11) is 0. The molecule has 2 aliphatic rings. The summed E-state index contributed by atoms with van der Waals surface area (Å²) >= 11 is 0. The predicted octanol–water partition coefficient (Wildman–Crippen LogP) is 4.60. The van der Waals surface area contributed by atoms with Crippen LogP contribution in [0.2, 0.25) is 0 Å². The van der Waals surface area contributed by atoms with E-state index in [0.717, 1.165) is 37.9 Å². The lowest BCUT2D eigenvalue weighted by Crippen LogP contribution is -2.50. The minimum absolute atomic E-state index is 0.100. The van der Waals surface area contributed by atoms with Crippen LogP contribution in [0.4, 0.5) is 10.5 Å². The molecule has 22 heavy (non-hydrogen) atoms. The SMILES string of the molecule is C=CC1CCCN(C2CCCCC2)C(=O)N1c1ccccc1. The molecule has 1 aromatic carbocycles. The summed E-state index contributed by atoms with van der Waals surface area (Å²) in [4.78, 5) is 17.3. The van der Waals surface area contributed by atoms with Crippen LogP contribution in [0.3, 0.4) is 0 Å². The zero-order chi connectivity index (χ0) is 15.4. The van der Waals surface area contributed by atoms with Gasteiger partial charge in [-0.2, -0.15) is 0 Å². The van der Waals surface area contributed by atoms with Gasteiger partial charge in [-0.25, -0.2) is 4.79 Å². The molecule has 0 spiro atoms. The number of rotatable bonds is 3. The van der Waals surface area contributed by atoms with Crippen molar-refractivity contribution >= 4 is 11.7 Å². The Hall–Kier alpha value is -1.77. The number of hydrogen-bond donors (Lipinski definition) is 0. The van der Waals surface area contributed by atoms with E-state index in [0.29, 0.717) is 6.04 Å². The van der Waals surface area contributed by atoms with Gasteiger partial charge in [0, 0.05) is 18.3 Å². The first kappa shape index (κ1) is 15.1. The molecule has 1 saturated carbocycles. The van der Waals surface area contributed by atoms with Gasteiger partial charge < -0.3 is 4.90 Å². The Morgan fingerprint density at radius 3 is 2.41 bits per heavy atom. The maximum absolute atomic E-state index is 13.2. The van der Waals surface area contributed by atoms with Crippen molar-refractivity contribution in [3.8, 4) is 0 Å². The van der Waals surface area contributed by atoms with Crippen molar-refractivity contribution in [2.45, 2.75) is 57.0 Å². The van der Waals surface area contributed by atoms with Crippen LogP contribution < -0.4 is 4.90 Å². The molecule has 1 unspecified atom stereocenters. The van der Waals surface area contributed by atoms with Crippen LogP contribution in [-0.4, -0.2) is 29.6 Å². The number of benzene rings is 1. The van der Waals surface area contributed by atoms with E-state index >= 15 is 0 Å². The van der Waals surface area contributed by atoms with Gasteiger partial charge in [0.2, 0.25) is 0 Å². The van der Waals surface area contributed by atoms with Crippen molar-refractivity contribution in [1.82, 2.24) is 4.90 Å². The fourth-order valence-electron chi connectivity index (χ4n) is 3.82. The van der Waals surface area contributed by atoms with Crippen molar-refractivity contribution in [2.75, 3.05) is 11.4 Å². The molecule has 3 rings (SSSR count). The highest BCUT2D eigenvalue weighted by molar-refractivity contribution is 5.93. The van der Waals surface area contributed by atoms with Gasteiger partial charge in [-0.3, -0.25) is 4.90 Å². The molecule has 3 nitrogen and oxygen atoms in total. The van der Waals surface area contributed by atoms with E-state index in [2.05, 4.69) is 11.5 Å². The average Bonchev–Trinajstić information content (AvgIpc) is 2.75. The van der Waals surface area contributed by atoms with Crippen LogP contribution in [0.5, 0.6) is 0 Å². The van der Waals surface area contributed by atoms with Crippen molar-refractivity contribution in [3.63, 3.8) is 0 Å². The lowest BCUT2D eigenvalue weighted by atomic mass is 9.94. The maximum atomic E-state index is 13.2. The van der Waals surface area contributed by atoms with Crippen molar-refractivity contribution < 1.29 is 4.79 Å². The maximum Gasteiger partial charge on any atom is 0.325 e. The van der Waals surface area contributed by atoms with Crippen LogP contribution in [0.1, 0.15) is 44.9 Å². The van der Waals surface area contributed by atoms with E-state index in [-0.39, 0.29) is 12.1 Å². The number of carbonyl (C=O) groups is 1. The second-order valence-corrected chi connectivity index (χ2v) is 6.42. The summed E-state index contributed by atoms with van der Waals surface area (Å²) in [6, 6.07) is 10.7. The van der Waals surface area contributed by atoms with E-state index in [4.69, 9.17) is 0 Å². The molecule has 1 heterocycles. The molecule has 118 valence electrons. The summed E-state index contributed by atoms with van der Waals surface area (Å²) in [5, 5.41) is 0. The predicted molar refractivity (Wildman–Crippen MR) is 91.1 cm³/mol. The second kappa shape index (κ2) is 6.99. The van der Waals surface area contributed by atoms with Crippen LogP contribution in [-0.2, 0) is 0 Å². The third-order valence-electron chi connectivity index (χ3n) is 5.00. The molecule has 1 aliphatic heterocycles. The van der Waals surface area contributed by atoms with Gasteiger partial charge in [-0.05, 0) is 37.8 Å².